The van der Waals surface area contributed by atoms with Gasteiger partial charge >= 0.3 is 0 Å². The Kier molecular flexibility index (Phi) is 5.53. The lowest BCUT2D eigenvalue weighted by Gasteiger charge is -2.22. The van der Waals surface area contributed by atoms with Gasteiger partial charge in [0.2, 0.25) is 0 Å². The molecule has 0 aliphatic rings. The second kappa shape index (κ2) is 6.69. The summed E-state index contributed by atoms with van der Waals surface area (Å²) < 4.78 is 13.9. The summed E-state index contributed by atoms with van der Waals surface area (Å²) in [6.07, 6.45) is 3.75. The Morgan fingerprint density at radius 3 is 2.75 bits per heavy atom. The van der Waals surface area contributed by atoms with Gasteiger partial charge in [-0.2, -0.15) is 0 Å². The molecule has 90 valence electrons. The average Bonchev–Trinajstić information content (AvgIpc) is 2.32. The molecule has 0 radical (unpaired) electrons. The molecule has 0 unspecified atom stereocenters. The molecule has 0 aromatic carbocycles. The lowest BCUT2D eigenvalue weighted by molar-refractivity contribution is 0.596. The molecule has 0 saturated heterocycles. The van der Waals surface area contributed by atoms with E-state index in [0.717, 1.165) is 25.9 Å². The summed E-state index contributed by atoms with van der Waals surface area (Å²) in [5.41, 5.74) is 0.515. The summed E-state index contributed by atoms with van der Waals surface area (Å²) in [6, 6.07) is 1.62. The van der Waals surface area contributed by atoms with Crippen molar-refractivity contribution in [3.63, 3.8) is 0 Å². The van der Waals surface area contributed by atoms with Crippen molar-refractivity contribution in [3.8, 4) is 0 Å². The van der Waals surface area contributed by atoms with Crippen molar-refractivity contribution in [1.82, 2.24) is 4.98 Å². The molecular weight excluding hydrogens is 227 g/mol. The van der Waals surface area contributed by atoms with Crippen molar-refractivity contribution in [2.24, 2.45) is 0 Å². The van der Waals surface area contributed by atoms with Gasteiger partial charge in [0.25, 0.3) is 0 Å². The van der Waals surface area contributed by atoms with Crippen LogP contribution < -0.4 is 4.90 Å². The van der Waals surface area contributed by atoms with Crippen LogP contribution in [0.15, 0.2) is 12.3 Å². The first-order valence-corrected chi connectivity index (χ1v) is 6.22. The highest BCUT2D eigenvalue weighted by atomic mass is 35.5. The van der Waals surface area contributed by atoms with Crippen LogP contribution in [0.5, 0.6) is 0 Å². The van der Waals surface area contributed by atoms with Crippen molar-refractivity contribution in [3.05, 3.63) is 23.6 Å². The number of nitrogens with zero attached hydrogens (tertiary/aromatic N) is 2. The van der Waals surface area contributed by atoms with Crippen LogP contribution in [0.1, 0.15) is 32.3 Å². The number of unbranched alkanes of at least 4 members (excludes halogenated alkanes) is 1. The van der Waals surface area contributed by atoms with E-state index in [0.29, 0.717) is 11.4 Å². The van der Waals surface area contributed by atoms with Crippen LogP contribution in [0.4, 0.5) is 10.2 Å². The van der Waals surface area contributed by atoms with Gasteiger partial charge in [0.1, 0.15) is 0 Å². The van der Waals surface area contributed by atoms with E-state index < -0.39 is 0 Å². The summed E-state index contributed by atoms with van der Waals surface area (Å²) in [5.74, 6) is 0.330. The molecule has 0 aliphatic heterocycles. The normalized spacial score (nSPS) is 10.5. The molecule has 0 N–H and O–H groups in total. The van der Waals surface area contributed by atoms with Gasteiger partial charge in [-0.15, -0.1) is 11.6 Å². The van der Waals surface area contributed by atoms with Gasteiger partial charge in [0, 0.05) is 24.8 Å². The minimum atomic E-state index is -0.282. The van der Waals surface area contributed by atoms with Crippen LogP contribution in [-0.4, -0.2) is 18.1 Å². The summed E-state index contributed by atoms with van der Waals surface area (Å²) in [6.45, 7) is 5.72. The molecule has 0 bridgehead atoms. The average molecular weight is 245 g/mol. The smallest absolute Gasteiger partial charge is 0.170 e. The van der Waals surface area contributed by atoms with Gasteiger partial charge in [0.15, 0.2) is 11.6 Å². The summed E-state index contributed by atoms with van der Waals surface area (Å²) in [5, 5.41) is 0. The van der Waals surface area contributed by atoms with Crippen molar-refractivity contribution in [2.75, 3.05) is 18.0 Å². The van der Waals surface area contributed by atoms with E-state index in [-0.39, 0.29) is 11.7 Å². The molecule has 0 amide bonds. The Bertz CT molecular complexity index is 331. The highest BCUT2D eigenvalue weighted by molar-refractivity contribution is 6.17. The number of pyridine rings is 1. The number of halogens is 2. The van der Waals surface area contributed by atoms with Gasteiger partial charge in [-0.25, -0.2) is 9.37 Å². The predicted octanol–water partition coefficient (Wildman–Crippen LogP) is 3.59. The molecule has 1 rings (SSSR count). The number of aromatic nitrogens is 1. The Morgan fingerprint density at radius 1 is 1.44 bits per heavy atom. The lowest BCUT2D eigenvalue weighted by Crippen LogP contribution is -2.26. The zero-order valence-electron chi connectivity index (χ0n) is 9.84. The van der Waals surface area contributed by atoms with E-state index in [1.165, 1.54) is 0 Å². The molecule has 0 atom stereocenters. The standard InChI is InChI=1S/C12H18ClFN2/c1-3-5-8-16(4-2)12-11(14)10(9-13)6-7-15-12/h6-7H,3-5,8-9H2,1-2H3. The second-order valence-electron chi connectivity index (χ2n) is 3.67. The van der Waals surface area contributed by atoms with Crippen LogP contribution in [0.2, 0.25) is 0 Å². The van der Waals surface area contributed by atoms with E-state index in [9.17, 15) is 4.39 Å². The fourth-order valence-electron chi connectivity index (χ4n) is 1.56. The number of rotatable bonds is 6. The second-order valence-corrected chi connectivity index (χ2v) is 3.94. The highest BCUT2D eigenvalue weighted by Gasteiger charge is 2.13. The number of hydrogen-bond donors (Lipinski definition) is 0. The maximum Gasteiger partial charge on any atom is 0.170 e. The van der Waals surface area contributed by atoms with E-state index in [4.69, 9.17) is 11.6 Å². The summed E-state index contributed by atoms with van der Waals surface area (Å²) in [7, 11) is 0. The first kappa shape index (κ1) is 13.2. The van der Waals surface area contributed by atoms with Crippen LogP contribution in [0.3, 0.4) is 0 Å². The monoisotopic (exact) mass is 244 g/mol. The van der Waals surface area contributed by atoms with Gasteiger partial charge in [-0.05, 0) is 19.4 Å². The molecule has 0 spiro atoms. The third-order valence-electron chi connectivity index (χ3n) is 2.56. The van der Waals surface area contributed by atoms with Gasteiger partial charge in [-0.1, -0.05) is 13.3 Å². The predicted molar refractivity (Wildman–Crippen MR) is 66.5 cm³/mol. The highest BCUT2D eigenvalue weighted by Crippen LogP contribution is 2.20. The molecule has 2 nitrogen and oxygen atoms in total. The third kappa shape index (κ3) is 3.08. The van der Waals surface area contributed by atoms with Crippen LogP contribution in [-0.2, 0) is 5.88 Å². The van der Waals surface area contributed by atoms with E-state index in [1.54, 1.807) is 12.3 Å². The van der Waals surface area contributed by atoms with Gasteiger partial charge in [0.05, 0.1) is 5.88 Å². The lowest BCUT2D eigenvalue weighted by atomic mass is 10.2. The van der Waals surface area contributed by atoms with E-state index >= 15 is 0 Å². The minimum absolute atomic E-state index is 0.187. The van der Waals surface area contributed by atoms with Crippen LogP contribution in [0.25, 0.3) is 0 Å². The molecule has 1 aromatic rings. The van der Waals surface area contributed by atoms with Gasteiger partial charge < -0.3 is 4.90 Å². The van der Waals surface area contributed by atoms with Crippen molar-refractivity contribution in [1.29, 1.82) is 0 Å². The molecule has 0 fully saturated rings. The molecule has 16 heavy (non-hydrogen) atoms. The van der Waals surface area contributed by atoms with Crippen molar-refractivity contribution < 1.29 is 4.39 Å². The molecule has 4 heteroatoms. The quantitative estimate of drug-likeness (QED) is 0.711. The van der Waals surface area contributed by atoms with E-state index in [2.05, 4.69) is 11.9 Å². The van der Waals surface area contributed by atoms with Gasteiger partial charge in [-0.3, -0.25) is 0 Å². The minimum Gasteiger partial charge on any atom is -0.354 e. The number of hydrogen-bond acceptors (Lipinski definition) is 2. The zero-order valence-corrected chi connectivity index (χ0v) is 10.6. The SMILES string of the molecule is CCCCN(CC)c1nccc(CCl)c1F. The van der Waals surface area contributed by atoms with E-state index in [1.807, 2.05) is 11.8 Å². The maximum atomic E-state index is 13.9. The third-order valence-corrected chi connectivity index (χ3v) is 2.85. The first-order chi connectivity index (χ1) is 7.74. The Hall–Kier alpha value is -0.830. The Labute approximate surface area is 101 Å². The van der Waals surface area contributed by atoms with Crippen LogP contribution in [0, 0.1) is 5.82 Å². The molecule has 0 aliphatic carbocycles. The maximum absolute atomic E-state index is 13.9. The molecule has 1 aromatic heterocycles. The Balaban J connectivity index is 2.91. The van der Waals surface area contributed by atoms with Crippen LogP contribution >= 0.6 is 11.6 Å². The molecule has 0 saturated carbocycles. The number of alkyl halides is 1. The molecular formula is C12H18ClFN2. The summed E-state index contributed by atoms with van der Waals surface area (Å²) >= 11 is 5.67. The first-order valence-electron chi connectivity index (χ1n) is 5.68. The fourth-order valence-corrected chi connectivity index (χ4v) is 1.76. The van der Waals surface area contributed by atoms with Crippen molar-refractivity contribution in [2.45, 2.75) is 32.6 Å². The fraction of sp³-hybridized carbons (Fsp3) is 0.583. The summed E-state index contributed by atoms with van der Waals surface area (Å²) in [4.78, 5) is 6.06. The largest absolute Gasteiger partial charge is 0.354 e. The Morgan fingerprint density at radius 2 is 2.19 bits per heavy atom. The number of anilines is 1. The zero-order chi connectivity index (χ0) is 12.0. The molecule has 1 heterocycles. The van der Waals surface area contributed by atoms with Crippen molar-refractivity contribution >= 4 is 17.4 Å². The topological polar surface area (TPSA) is 16.1 Å².